The fourth-order valence-corrected chi connectivity index (χ4v) is 3.72. The molecule has 0 atom stereocenters. The van der Waals surface area contributed by atoms with Gasteiger partial charge in [-0.15, -0.1) is 11.3 Å². The molecule has 3 aromatic heterocycles. The maximum Gasteiger partial charge on any atom is 0.265 e. The van der Waals surface area contributed by atoms with Crippen LogP contribution in [0.1, 0.15) is 25.9 Å². The van der Waals surface area contributed by atoms with Crippen molar-refractivity contribution in [2.45, 2.75) is 20.8 Å². The molecule has 0 aliphatic heterocycles. The van der Waals surface area contributed by atoms with E-state index in [1.54, 1.807) is 0 Å². The summed E-state index contributed by atoms with van der Waals surface area (Å²) in [5, 5.41) is 8.46. The van der Waals surface area contributed by atoms with Crippen molar-refractivity contribution < 1.29 is 4.79 Å². The lowest BCUT2D eigenvalue weighted by molar-refractivity contribution is 0.103. The first-order chi connectivity index (χ1) is 12.5. The molecule has 0 bridgehead atoms. The molecule has 26 heavy (non-hydrogen) atoms. The van der Waals surface area contributed by atoms with E-state index in [2.05, 4.69) is 10.4 Å². The number of hydrogen-bond acceptors (Lipinski definition) is 4. The molecule has 6 heteroatoms. The van der Waals surface area contributed by atoms with Gasteiger partial charge in [-0.2, -0.15) is 5.10 Å². The van der Waals surface area contributed by atoms with Crippen molar-refractivity contribution in [3.63, 3.8) is 0 Å². The molecule has 1 amide bonds. The SMILES string of the molecule is Cc1cc(C)n(-c2ccc3cccc(NC(=O)c4ccc(C)s4)c3n2)n1. The first-order valence-corrected chi connectivity index (χ1v) is 9.14. The van der Waals surface area contributed by atoms with Crippen molar-refractivity contribution >= 4 is 33.8 Å². The number of aromatic nitrogens is 3. The summed E-state index contributed by atoms with van der Waals surface area (Å²) in [5.74, 6) is 0.616. The van der Waals surface area contributed by atoms with Gasteiger partial charge >= 0.3 is 0 Å². The van der Waals surface area contributed by atoms with E-state index in [1.807, 2.05) is 74.0 Å². The predicted octanol–water partition coefficient (Wildman–Crippen LogP) is 4.66. The zero-order valence-electron chi connectivity index (χ0n) is 14.8. The maximum atomic E-state index is 12.5. The number of carbonyl (C=O) groups excluding carboxylic acids is 1. The highest BCUT2D eigenvalue weighted by molar-refractivity contribution is 7.14. The van der Waals surface area contributed by atoms with Crippen LogP contribution in [0.25, 0.3) is 16.7 Å². The Hall–Kier alpha value is -2.99. The molecule has 0 aliphatic carbocycles. The first kappa shape index (κ1) is 16.5. The Labute approximate surface area is 155 Å². The second-order valence-corrected chi connectivity index (χ2v) is 7.54. The summed E-state index contributed by atoms with van der Waals surface area (Å²) >= 11 is 1.48. The van der Waals surface area contributed by atoms with Crippen LogP contribution >= 0.6 is 11.3 Å². The molecule has 5 nitrogen and oxygen atoms in total. The van der Waals surface area contributed by atoms with Gasteiger partial charge in [0.1, 0.15) is 0 Å². The van der Waals surface area contributed by atoms with Gasteiger partial charge in [0.05, 0.1) is 21.8 Å². The van der Waals surface area contributed by atoms with E-state index in [-0.39, 0.29) is 5.91 Å². The topological polar surface area (TPSA) is 59.8 Å². The molecular weight excluding hydrogens is 344 g/mol. The standard InChI is InChI=1S/C20H18N4OS/c1-12-11-13(2)24(23-12)18-10-8-15-5-4-6-16(19(15)22-18)21-20(25)17-9-7-14(3)26-17/h4-11H,1-3H3,(H,21,25). The average Bonchev–Trinajstić information content (AvgIpc) is 3.20. The minimum atomic E-state index is -0.117. The number of rotatable bonds is 3. The molecule has 4 rings (SSSR count). The Morgan fingerprint density at radius 3 is 2.62 bits per heavy atom. The second kappa shape index (κ2) is 6.38. The van der Waals surface area contributed by atoms with Crippen molar-refractivity contribution in [3.8, 4) is 5.82 Å². The predicted molar refractivity (Wildman–Crippen MR) is 105 cm³/mol. The molecule has 0 radical (unpaired) electrons. The van der Waals surface area contributed by atoms with Crippen LogP contribution in [0.3, 0.4) is 0 Å². The van der Waals surface area contributed by atoms with Gasteiger partial charge in [-0.25, -0.2) is 9.67 Å². The monoisotopic (exact) mass is 362 g/mol. The Bertz CT molecular complexity index is 1130. The lowest BCUT2D eigenvalue weighted by atomic mass is 10.2. The summed E-state index contributed by atoms with van der Waals surface area (Å²) in [5.41, 5.74) is 3.41. The van der Waals surface area contributed by atoms with Crippen LogP contribution in [0.4, 0.5) is 5.69 Å². The largest absolute Gasteiger partial charge is 0.319 e. The number of nitrogens with one attached hydrogen (secondary N) is 1. The van der Waals surface area contributed by atoms with Crippen LogP contribution in [-0.4, -0.2) is 20.7 Å². The zero-order chi connectivity index (χ0) is 18.3. The van der Waals surface area contributed by atoms with E-state index < -0.39 is 0 Å². The van der Waals surface area contributed by atoms with E-state index in [0.717, 1.165) is 33.0 Å². The normalized spacial score (nSPS) is 11.0. The summed E-state index contributed by atoms with van der Waals surface area (Å²) in [6, 6.07) is 15.5. The third-order valence-electron chi connectivity index (χ3n) is 4.14. The summed E-state index contributed by atoms with van der Waals surface area (Å²) in [6.45, 7) is 5.94. The highest BCUT2D eigenvalue weighted by Gasteiger charge is 2.12. The van der Waals surface area contributed by atoms with Crippen molar-refractivity contribution in [1.82, 2.24) is 14.8 Å². The van der Waals surface area contributed by atoms with Crippen LogP contribution in [0.15, 0.2) is 48.5 Å². The Morgan fingerprint density at radius 2 is 1.92 bits per heavy atom. The van der Waals surface area contributed by atoms with Gasteiger partial charge < -0.3 is 5.32 Å². The van der Waals surface area contributed by atoms with Gasteiger partial charge in [0.15, 0.2) is 5.82 Å². The number of hydrogen-bond donors (Lipinski definition) is 1. The highest BCUT2D eigenvalue weighted by Crippen LogP contribution is 2.25. The Balaban J connectivity index is 1.76. The van der Waals surface area contributed by atoms with Gasteiger partial charge in [-0.3, -0.25) is 4.79 Å². The molecule has 4 aromatic rings. The number of anilines is 1. The van der Waals surface area contributed by atoms with Crippen molar-refractivity contribution in [1.29, 1.82) is 0 Å². The lowest BCUT2D eigenvalue weighted by Gasteiger charge is -2.10. The quantitative estimate of drug-likeness (QED) is 0.577. The van der Waals surface area contributed by atoms with Gasteiger partial charge in [-0.1, -0.05) is 12.1 Å². The summed E-state index contributed by atoms with van der Waals surface area (Å²) in [7, 11) is 0. The number of aryl methyl sites for hydroxylation is 3. The zero-order valence-corrected chi connectivity index (χ0v) is 15.6. The van der Waals surface area contributed by atoms with Gasteiger partial charge in [0, 0.05) is 16.0 Å². The van der Waals surface area contributed by atoms with Crippen LogP contribution < -0.4 is 5.32 Å². The fourth-order valence-electron chi connectivity index (χ4n) is 2.96. The van der Waals surface area contributed by atoms with Gasteiger partial charge in [0.25, 0.3) is 5.91 Å². The molecule has 0 aliphatic rings. The molecule has 3 heterocycles. The van der Waals surface area contributed by atoms with Crippen molar-refractivity contribution in [2.75, 3.05) is 5.32 Å². The number of benzene rings is 1. The number of pyridine rings is 1. The number of amides is 1. The van der Waals surface area contributed by atoms with Crippen LogP contribution in [0.2, 0.25) is 0 Å². The van der Waals surface area contributed by atoms with Crippen LogP contribution in [0, 0.1) is 20.8 Å². The molecule has 1 N–H and O–H groups in total. The Kier molecular flexibility index (Phi) is 4.05. The summed E-state index contributed by atoms with van der Waals surface area (Å²) in [6.07, 6.45) is 0. The minimum absolute atomic E-state index is 0.117. The smallest absolute Gasteiger partial charge is 0.265 e. The molecule has 0 saturated heterocycles. The third kappa shape index (κ3) is 2.99. The van der Waals surface area contributed by atoms with E-state index in [0.29, 0.717) is 10.6 Å². The van der Waals surface area contributed by atoms with Crippen molar-refractivity contribution in [2.24, 2.45) is 0 Å². The second-order valence-electron chi connectivity index (χ2n) is 6.25. The van der Waals surface area contributed by atoms with Crippen LogP contribution in [0.5, 0.6) is 0 Å². The molecule has 130 valence electrons. The number of fused-ring (bicyclic) bond motifs is 1. The molecule has 0 saturated carbocycles. The molecular formula is C20H18N4OS. The minimum Gasteiger partial charge on any atom is -0.319 e. The third-order valence-corrected chi connectivity index (χ3v) is 5.14. The number of nitrogens with zero attached hydrogens (tertiary/aromatic N) is 3. The maximum absolute atomic E-state index is 12.5. The average molecular weight is 362 g/mol. The summed E-state index contributed by atoms with van der Waals surface area (Å²) < 4.78 is 1.82. The fraction of sp³-hybridized carbons (Fsp3) is 0.150. The molecule has 0 fully saturated rings. The van der Waals surface area contributed by atoms with E-state index >= 15 is 0 Å². The van der Waals surface area contributed by atoms with E-state index in [1.165, 1.54) is 11.3 Å². The number of para-hydroxylation sites is 1. The van der Waals surface area contributed by atoms with Crippen molar-refractivity contribution in [3.05, 3.63) is 69.7 Å². The van der Waals surface area contributed by atoms with E-state index in [4.69, 9.17) is 4.98 Å². The first-order valence-electron chi connectivity index (χ1n) is 8.32. The molecule has 0 unspecified atom stereocenters. The molecule has 1 aromatic carbocycles. The highest BCUT2D eigenvalue weighted by atomic mass is 32.1. The van der Waals surface area contributed by atoms with Gasteiger partial charge in [0.2, 0.25) is 0 Å². The lowest BCUT2D eigenvalue weighted by Crippen LogP contribution is -2.11. The van der Waals surface area contributed by atoms with Crippen LogP contribution in [-0.2, 0) is 0 Å². The number of thiophene rings is 1. The molecule has 0 spiro atoms. The summed E-state index contributed by atoms with van der Waals surface area (Å²) in [4.78, 5) is 19.1. The Morgan fingerprint density at radius 1 is 1.08 bits per heavy atom. The number of carbonyl (C=O) groups is 1. The van der Waals surface area contributed by atoms with Gasteiger partial charge in [-0.05, 0) is 57.2 Å². The van der Waals surface area contributed by atoms with E-state index in [9.17, 15) is 4.79 Å².